The molecule has 0 N–H and O–H groups in total. The number of hydrogen-bond acceptors (Lipinski definition) is 3. The Morgan fingerprint density at radius 2 is 2.14 bits per heavy atom. The first-order chi connectivity index (χ1) is 6.72. The predicted octanol–water partition coefficient (Wildman–Crippen LogP) is 3.05. The predicted molar refractivity (Wildman–Crippen MR) is 58.8 cm³/mol. The number of hydrogen-bond donors (Lipinski definition) is 0. The molecule has 0 amide bonds. The van der Waals surface area contributed by atoms with Crippen LogP contribution in [0.1, 0.15) is 0 Å². The second kappa shape index (κ2) is 3.71. The maximum atomic E-state index is 5.95. The molecule has 0 radical (unpaired) electrons. The van der Waals surface area contributed by atoms with Gasteiger partial charge in [0.05, 0.1) is 18.0 Å². The number of methoxy groups -OCH3 is 1. The van der Waals surface area contributed by atoms with E-state index in [1.807, 2.05) is 12.1 Å². The summed E-state index contributed by atoms with van der Waals surface area (Å²) in [5.74, 6) is 0.667. The number of fused-ring (bicyclic) bond motifs is 1. The fourth-order valence-electron chi connectivity index (χ4n) is 1.24. The van der Waals surface area contributed by atoms with Gasteiger partial charge in [0.15, 0.2) is 0 Å². The van der Waals surface area contributed by atoms with Gasteiger partial charge in [-0.15, -0.1) is 0 Å². The van der Waals surface area contributed by atoms with Gasteiger partial charge >= 0.3 is 0 Å². The summed E-state index contributed by atoms with van der Waals surface area (Å²) in [5, 5.41) is 1.14. The number of ether oxygens (including phenoxy) is 1. The quantitative estimate of drug-likeness (QED) is 0.749. The molecule has 0 saturated heterocycles. The molecule has 0 atom stereocenters. The minimum absolute atomic E-state index is 0.402. The lowest BCUT2D eigenvalue weighted by Crippen LogP contribution is -1.89. The molecule has 5 heteroatoms. The minimum atomic E-state index is 0.402. The van der Waals surface area contributed by atoms with Crippen LogP contribution < -0.4 is 4.74 Å². The van der Waals surface area contributed by atoms with Crippen molar-refractivity contribution in [2.24, 2.45) is 0 Å². The van der Waals surface area contributed by atoms with E-state index in [2.05, 4.69) is 25.9 Å². The molecular weight excluding hydrogens is 267 g/mol. The Morgan fingerprint density at radius 1 is 1.36 bits per heavy atom. The Morgan fingerprint density at radius 3 is 2.86 bits per heavy atom. The van der Waals surface area contributed by atoms with E-state index in [9.17, 15) is 0 Å². The molecule has 1 aromatic carbocycles. The topological polar surface area (TPSA) is 35.0 Å². The Balaban J connectivity index is 2.88. The summed E-state index contributed by atoms with van der Waals surface area (Å²) in [4.78, 5) is 8.01. The van der Waals surface area contributed by atoms with Gasteiger partial charge in [-0.05, 0) is 12.1 Å². The summed E-state index contributed by atoms with van der Waals surface area (Å²) in [6, 6.07) is 3.70. The van der Waals surface area contributed by atoms with Gasteiger partial charge in [-0.3, -0.25) is 0 Å². The van der Waals surface area contributed by atoms with Crippen molar-refractivity contribution in [2.75, 3.05) is 7.11 Å². The van der Waals surface area contributed by atoms with Gasteiger partial charge in [0.25, 0.3) is 0 Å². The molecule has 0 aliphatic carbocycles. The molecular formula is C9H6BrClN2O. The van der Waals surface area contributed by atoms with Crippen molar-refractivity contribution in [2.45, 2.75) is 0 Å². The van der Waals surface area contributed by atoms with Crippen molar-refractivity contribution in [1.29, 1.82) is 0 Å². The Bertz CT molecular complexity index is 489. The standard InChI is InChI=1S/C9H6BrClN2O/c1-14-7-3-5(10)2-6-8(7)9(11)13-4-12-6/h2-4H,1H3. The summed E-state index contributed by atoms with van der Waals surface area (Å²) in [5.41, 5.74) is 0.760. The monoisotopic (exact) mass is 272 g/mol. The van der Waals surface area contributed by atoms with Gasteiger partial charge in [-0.25, -0.2) is 9.97 Å². The van der Waals surface area contributed by atoms with Crippen molar-refractivity contribution in [3.05, 3.63) is 28.1 Å². The zero-order chi connectivity index (χ0) is 10.1. The van der Waals surface area contributed by atoms with E-state index in [0.29, 0.717) is 10.9 Å². The third kappa shape index (κ3) is 1.55. The van der Waals surface area contributed by atoms with E-state index >= 15 is 0 Å². The third-order valence-electron chi connectivity index (χ3n) is 1.84. The smallest absolute Gasteiger partial charge is 0.144 e. The fourth-order valence-corrected chi connectivity index (χ4v) is 1.90. The minimum Gasteiger partial charge on any atom is -0.496 e. The second-order valence-electron chi connectivity index (χ2n) is 2.67. The van der Waals surface area contributed by atoms with Crippen LogP contribution in [0.3, 0.4) is 0 Å². The molecule has 1 aromatic heterocycles. The first kappa shape index (κ1) is 9.68. The van der Waals surface area contributed by atoms with Crippen LogP contribution in [0.15, 0.2) is 22.9 Å². The molecule has 0 saturated carbocycles. The average Bonchev–Trinajstić information content (AvgIpc) is 2.16. The Hall–Kier alpha value is -0.870. The van der Waals surface area contributed by atoms with Crippen LogP contribution in [0.25, 0.3) is 10.9 Å². The zero-order valence-corrected chi connectivity index (χ0v) is 9.63. The molecule has 72 valence electrons. The van der Waals surface area contributed by atoms with Gasteiger partial charge in [0, 0.05) is 4.47 Å². The van der Waals surface area contributed by atoms with Crippen LogP contribution in [0.5, 0.6) is 5.75 Å². The molecule has 2 rings (SSSR count). The van der Waals surface area contributed by atoms with Crippen molar-refractivity contribution < 1.29 is 4.74 Å². The number of rotatable bonds is 1. The van der Waals surface area contributed by atoms with E-state index in [1.54, 1.807) is 7.11 Å². The maximum absolute atomic E-state index is 5.95. The summed E-state index contributed by atoms with van der Waals surface area (Å²) >= 11 is 9.31. The second-order valence-corrected chi connectivity index (χ2v) is 3.94. The van der Waals surface area contributed by atoms with E-state index in [1.165, 1.54) is 6.33 Å². The fraction of sp³-hybridized carbons (Fsp3) is 0.111. The van der Waals surface area contributed by atoms with Crippen LogP contribution in [-0.2, 0) is 0 Å². The lowest BCUT2D eigenvalue weighted by atomic mass is 10.2. The normalized spacial score (nSPS) is 10.5. The molecule has 0 spiro atoms. The van der Waals surface area contributed by atoms with Crippen molar-refractivity contribution in [1.82, 2.24) is 9.97 Å². The molecule has 0 fully saturated rings. The van der Waals surface area contributed by atoms with Crippen LogP contribution in [0, 0.1) is 0 Å². The van der Waals surface area contributed by atoms with Gasteiger partial charge in [0.2, 0.25) is 0 Å². The van der Waals surface area contributed by atoms with Crippen LogP contribution in [0.2, 0.25) is 5.15 Å². The lowest BCUT2D eigenvalue weighted by molar-refractivity contribution is 0.419. The summed E-state index contributed by atoms with van der Waals surface area (Å²) in [7, 11) is 1.59. The molecule has 3 nitrogen and oxygen atoms in total. The first-order valence-electron chi connectivity index (χ1n) is 3.86. The van der Waals surface area contributed by atoms with Crippen molar-refractivity contribution >= 4 is 38.4 Å². The molecule has 0 aliphatic heterocycles. The van der Waals surface area contributed by atoms with Crippen molar-refractivity contribution in [3.8, 4) is 5.75 Å². The SMILES string of the molecule is COc1cc(Br)cc2ncnc(Cl)c12. The largest absolute Gasteiger partial charge is 0.496 e. The number of nitrogens with zero attached hydrogens (tertiary/aromatic N) is 2. The molecule has 0 unspecified atom stereocenters. The molecule has 2 aromatic rings. The highest BCUT2D eigenvalue weighted by atomic mass is 79.9. The molecule has 0 bridgehead atoms. The highest BCUT2D eigenvalue weighted by Crippen LogP contribution is 2.32. The van der Waals surface area contributed by atoms with Gasteiger partial charge in [-0.2, -0.15) is 0 Å². The average molecular weight is 274 g/mol. The van der Waals surface area contributed by atoms with Gasteiger partial charge in [-0.1, -0.05) is 27.5 Å². The Kier molecular flexibility index (Phi) is 2.56. The molecule has 1 heterocycles. The lowest BCUT2D eigenvalue weighted by Gasteiger charge is -2.06. The molecule has 0 aliphatic rings. The van der Waals surface area contributed by atoms with Crippen molar-refractivity contribution in [3.63, 3.8) is 0 Å². The number of benzene rings is 1. The highest BCUT2D eigenvalue weighted by molar-refractivity contribution is 9.10. The Labute approximate surface area is 94.2 Å². The highest BCUT2D eigenvalue weighted by Gasteiger charge is 2.08. The number of halogens is 2. The van der Waals surface area contributed by atoms with E-state index in [0.717, 1.165) is 15.4 Å². The van der Waals surface area contributed by atoms with E-state index in [-0.39, 0.29) is 0 Å². The van der Waals surface area contributed by atoms with Crippen LogP contribution >= 0.6 is 27.5 Å². The summed E-state index contributed by atoms with van der Waals surface area (Å²) in [6.45, 7) is 0. The first-order valence-corrected chi connectivity index (χ1v) is 5.03. The molecule has 14 heavy (non-hydrogen) atoms. The number of aromatic nitrogens is 2. The van der Waals surface area contributed by atoms with E-state index < -0.39 is 0 Å². The van der Waals surface area contributed by atoms with Crippen LogP contribution in [-0.4, -0.2) is 17.1 Å². The van der Waals surface area contributed by atoms with E-state index in [4.69, 9.17) is 16.3 Å². The van der Waals surface area contributed by atoms with Crippen LogP contribution in [0.4, 0.5) is 0 Å². The maximum Gasteiger partial charge on any atom is 0.144 e. The summed E-state index contributed by atoms with van der Waals surface area (Å²) < 4.78 is 6.09. The third-order valence-corrected chi connectivity index (χ3v) is 2.58. The van der Waals surface area contributed by atoms with Gasteiger partial charge in [0.1, 0.15) is 17.2 Å². The summed E-state index contributed by atoms with van der Waals surface area (Å²) in [6.07, 6.45) is 1.43. The van der Waals surface area contributed by atoms with Gasteiger partial charge < -0.3 is 4.74 Å². The zero-order valence-electron chi connectivity index (χ0n) is 7.29.